The molecule has 0 saturated heterocycles. The lowest BCUT2D eigenvalue weighted by atomic mass is 10.1. The van der Waals surface area contributed by atoms with Crippen molar-refractivity contribution in [1.82, 2.24) is 14.8 Å². The van der Waals surface area contributed by atoms with Crippen molar-refractivity contribution >= 4 is 0 Å². The molecule has 0 amide bonds. The lowest BCUT2D eigenvalue weighted by molar-refractivity contribution is 0.656. The van der Waals surface area contributed by atoms with Crippen molar-refractivity contribution in [3.05, 3.63) is 46.5 Å². The lowest BCUT2D eigenvalue weighted by Crippen LogP contribution is -2.06. The molecule has 0 aliphatic rings. The minimum atomic E-state index is 0.477. The number of rotatable bonds is 4. The van der Waals surface area contributed by atoms with Gasteiger partial charge in [-0.05, 0) is 43.5 Å². The van der Waals surface area contributed by atoms with E-state index < -0.39 is 0 Å². The Hall–Kier alpha value is -1.68. The quantitative estimate of drug-likeness (QED) is 0.894. The van der Waals surface area contributed by atoms with Crippen LogP contribution in [0.25, 0.3) is 0 Å². The molecule has 2 N–H and O–H groups in total. The van der Waals surface area contributed by atoms with E-state index in [0.717, 1.165) is 24.4 Å². The van der Waals surface area contributed by atoms with Crippen LogP contribution in [-0.4, -0.2) is 14.8 Å². The molecule has 2 aromatic rings. The second-order valence-corrected chi connectivity index (χ2v) is 4.52. The third-order valence-corrected chi connectivity index (χ3v) is 3.31. The highest BCUT2D eigenvalue weighted by Gasteiger charge is 2.09. The number of aryl methyl sites for hydroxylation is 1. The van der Waals surface area contributed by atoms with E-state index in [1.54, 1.807) is 0 Å². The minimum Gasteiger partial charge on any atom is -0.325 e. The maximum atomic E-state index is 5.61. The molecule has 0 spiro atoms. The minimum absolute atomic E-state index is 0.477. The number of hydrogen-bond acceptors (Lipinski definition) is 3. The molecular weight excluding hydrogens is 224 g/mol. The Morgan fingerprint density at radius 2 is 2.11 bits per heavy atom. The molecule has 0 fully saturated rings. The molecule has 4 heteroatoms. The van der Waals surface area contributed by atoms with Gasteiger partial charge in [-0.1, -0.05) is 6.92 Å². The van der Waals surface area contributed by atoms with Crippen LogP contribution in [0.3, 0.4) is 0 Å². The Kier molecular flexibility index (Phi) is 3.77. The monoisotopic (exact) mass is 244 g/mol. The summed E-state index contributed by atoms with van der Waals surface area (Å²) in [4.78, 5) is 4.21. The molecule has 2 heterocycles. The largest absolute Gasteiger partial charge is 0.325 e. The zero-order valence-electron chi connectivity index (χ0n) is 11.3. The summed E-state index contributed by atoms with van der Waals surface area (Å²) in [6, 6.07) is 4.06. The summed E-state index contributed by atoms with van der Waals surface area (Å²) in [7, 11) is 0. The first-order chi connectivity index (χ1) is 8.65. The van der Waals surface area contributed by atoms with Crippen LogP contribution >= 0.6 is 0 Å². The number of pyridine rings is 1. The van der Waals surface area contributed by atoms with E-state index in [9.17, 15) is 0 Å². The van der Waals surface area contributed by atoms with Gasteiger partial charge < -0.3 is 5.73 Å². The maximum Gasteiger partial charge on any atom is 0.0663 e. The predicted molar refractivity (Wildman–Crippen MR) is 72.3 cm³/mol. The van der Waals surface area contributed by atoms with Gasteiger partial charge in [-0.2, -0.15) is 5.10 Å². The van der Waals surface area contributed by atoms with Gasteiger partial charge in [0.2, 0.25) is 0 Å². The zero-order chi connectivity index (χ0) is 13.1. The van der Waals surface area contributed by atoms with Gasteiger partial charge in [0.15, 0.2) is 0 Å². The Labute approximate surface area is 108 Å². The molecule has 0 bridgehead atoms. The molecule has 0 aromatic carbocycles. The summed E-state index contributed by atoms with van der Waals surface area (Å²) in [6.07, 6.45) is 2.84. The van der Waals surface area contributed by atoms with E-state index in [2.05, 4.69) is 35.5 Å². The molecule has 0 saturated carbocycles. The second kappa shape index (κ2) is 5.31. The van der Waals surface area contributed by atoms with E-state index in [-0.39, 0.29) is 0 Å². The van der Waals surface area contributed by atoms with E-state index in [0.29, 0.717) is 6.54 Å². The lowest BCUT2D eigenvalue weighted by Gasteiger charge is -2.06. The van der Waals surface area contributed by atoms with E-state index in [1.165, 1.54) is 16.8 Å². The molecule has 0 aliphatic heterocycles. The Morgan fingerprint density at radius 1 is 1.33 bits per heavy atom. The summed E-state index contributed by atoms with van der Waals surface area (Å²) in [5.74, 6) is 0. The van der Waals surface area contributed by atoms with E-state index in [1.807, 2.05) is 18.3 Å². The van der Waals surface area contributed by atoms with Gasteiger partial charge in [0.05, 0.1) is 17.9 Å². The van der Waals surface area contributed by atoms with Crippen LogP contribution in [0, 0.1) is 13.8 Å². The van der Waals surface area contributed by atoms with Crippen molar-refractivity contribution in [3.63, 3.8) is 0 Å². The van der Waals surface area contributed by atoms with Crippen molar-refractivity contribution < 1.29 is 0 Å². The van der Waals surface area contributed by atoms with Crippen LogP contribution in [0.1, 0.15) is 35.1 Å². The second-order valence-electron chi connectivity index (χ2n) is 4.52. The third kappa shape index (κ3) is 2.43. The molecular formula is C14H20N4. The van der Waals surface area contributed by atoms with Gasteiger partial charge in [0.1, 0.15) is 0 Å². The molecule has 0 radical (unpaired) electrons. The smallest absolute Gasteiger partial charge is 0.0663 e. The van der Waals surface area contributed by atoms with Crippen LogP contribution in [0.5, 0.6) is 0 Å². The van der Waals surface area contributed by atoms with Crippen molar-refractivity contribution in [2.45, 2.75) is 40.3 Å². The number of aromatic nitrogens is 3. The molecule has 2 aromatic heterocycles. The number of nitrogens with two attached hydrogens (primary N) is 1. The Bertz CT molecular complexity index is 543. The highest BCUT2D eigenvalue weighted by atomic mass is 15.3. The highest BCUT2D eigenvalue weighted by Crippen LogP contribution is 2.15. The molecule has 96 valence electrons. The Balaban J connectivity index is 2.28. The number of hydrogen-bond donors (Lipinski definition) is 1. The number of nitrogens with zero attached hydrogens (tertiary/aromatic N) is 3. The summed E-state index contributed by atoms with van der Waals surface area (Å²) in [5, 5.41) is 4.60. The Morgan fingerprint density at radius 3 is 2.72 bits per heavy atom. The summed E-state index contributed by atoms with van der Waals surface area (Å²) in [6.45, 7) is 7.62. The first-order valence-electron chi connectivity index (χ1n) is 6.32. The molecule has 0 aliphatic carbocycles. The van der Waals surface area contributed by atoms with Crippen LogP contribution in [-0.2, 0) is 19.5 Å². The van der Waals surface area contributed by atoms with E-state index >= 15 is 0 Å². The summed E-state index contributed by atoms with van der Waals surface area (Å²) in [5.41, 5.74) is 11.5. The van der Waals surface area contributed by atoms with Crippen molar-refractivity contribution in [2.75, 3.05) is 0 Å². The van der Waals surface area contributed by atoms with Crippen LogP contribution in [0.2, 0.25) is 0 Å². The summed E-state index contributed by atoms with van der Waals surface area (Å²) < 4.78 is 2.06. The van der Waals surface area contributed by atoms with Gasteiger partial charge in [-0.25, -0.2) is 0 Å². The molecule has 2 rings (SSSR count). The fraction of sp³-hybridized carbons (Fsp3) is 0.429. The predicted octanol–water partition coefficient (Wildman–Crippen LogP) is 1.96. The van der Waals surface area contributed by atoms with Crippen LogP contribution in [0.4, 0.5) is 0 Å². The standard InChI is InChI=1S/C14H20N4/c1-4-14-10(2)17-18(11(14)3)9-12-5-6-16-13(7-12)8-15/h5-7H,4,8-9,15H2,1-3H3. The van der Waals surface area contributed by atoms with Crippen LogP contribution < -0.4 is 5.73 Å². The average molecular weight is 244 g/mol. The first kappa shape index (κ1) is 12.8. The molecule has 4 nitrogen and oxygen atoms in total. The van der Waals surface area contributed by atoms with Gasteiger partial charge in [-0.15, -0.1) is 0 Å². The van der Waals surface area contributed by atoms with Gasteiger partial charge in [0, 0.05) is 18.4 Å². The normalized spacial score (nSPS) is 10.9. The van der Waals surface area contributed by atoms with Crippen molar-refractivity contribution in [2.24, 2.45) is 5.73 Å². The van der Waals surface area contributed by atoms with Crippen molar-refractivity contribution in [3.8, 4) is 0 Å². The fourth-order valence-electron chi connectivity index (χ4n) is 2.31. The van der Waals surface area contributed by atoms with Crippen LogP contribution in [0.15, 0.2) is 18.3 Å². The maximum absolute atomic E-state index is 5.61. The zero-order valence-corrected chi connectivity index (χ0v) is 11.3. The average Bonchev–Trinajstić information content (AvgIpc) is 2.64. The summed E-state index contributed by atoms with van der Waals surface area (Å²) >= 11 is 0. The fourth-order valence-corrected chi connectivity index (χ4v) is 2.31. The van der Waals surface area contributed by atoms with Gasteiger partial charge in [0.25, 0.3) is 0 Å². The van der Waals surface area contributed by atoms with Gasteiger partial charge >= 0.3 is 0 Å². The van der Waals surface area contributed by atoms with Crippen molar-refractivity contribution in [1.29, 1.82) is 0 Å². The molecule has 0 unspecified atom stereocenters. The molecule has 0 atom stereocenters. The third-order valence-electron chi connectivity index (χ3n) is 3.31. The SMILES string of the molecule is CCc1c(C)nn(Cc2ccnc(CN)c2)c1C. The topological polar surface area (TPSA) is 56.7 Å². The first-order valence-corrected chi connectivity index (χ1v) is 6.32. The van der Waals surface area contributed by atoms with E-state index in [4.69, 9.17) is 5.73 Å². The van der Waals surface area contributed by atoms with Gasteiger partial charge in [-0.3, -0.25) is 9.67 Å². The highest BCUT2D eigenvalue weighted by molar-refractivity contribution is 5.26. The molecule has 18 heavy (non-hydrogen) atoms.